The highest BCUT2D eigenvalue weighted by Crippen LogP contribution is 2.10. The molecule has 1 heterocycles. The van der Waals surface area contributed by atoms with E-state index in [1.54, 1.807) is 0 Å². The van der Waals surface area contributed by atoms with E-state index < -0.39 is 5.92 Å². The van der Waals surface area contributed by atoms with Crippen molar-refractivity contribution in [2.24, 2.45) is 5.92 Å². The van der Waals surface area contributed by atoms with Crippen LogP contribution in [0.25, 0.3) is 0 Å². The number of hydrogen-bond donors (Lipinski definition) is 3. The standard InChI is InChI=1S/C8H15N3O2/c9-3-5-11-8(13)6-2-1-4-10-7(6)12/h6H,1-5,9H2,(H,10,12)(H,11,13)/p+1/t6-/m0/s1. The van der Waals surface area contributed by atoms with Crippen LogP contribution in [0.5, 0.6) is 0 Å². The number of carbonyl (C=O) groups is 2. The van der Waals surface area contributed by atoms with Crippen LogP contribution >= 0.6 is 0 Å². The molecule has 2 amide bonds. The fraction of sp³-hybridized carbons (Fsp3) is 0.750. The lowest BCUT2D eigenvalue weighted by molar-refractivity contribution is -0.364. The number of quaternary nitrogens is 1. The molecule has 5 nitrogen and oxygen atoms in total. The topological polar surface area (TPSA) is 85.8 Å². The molecule has 1 aliphatic rings. The van der Waals surface area contributed by atoms with Crippen molar-refractivity contribution >= 4 is 11.8 Å². The Bertz CT molecular complexity index is 206. The maximum Gasteiger partial charge on any atom is 0.232 e. The highest BCUT2D eigenvalue weighted by atomic mass is 16.2. The van der Waals surface area contributed by atoms with E-state index in [1.807, 2.05) is 0 Å². The second-order valence-corrected chi connectivity index (χ2v) is 3.13. The summed E-state index contributed by atoms with van der Waals surface area (Å²) in [6, 6.07) is 0. The fourth-order valence-electron chi connectivity index (χ4n) is 1.36. The summed E-state index contributed by atoms with van der Waals surface area (Å²) in [5.41, 5.74) is 3.61. The second-order valence-electron chi connectivity index (χ2n) is 3.13. The minimum absolute atomic E-state index is 0.146. The minimum atomic E-state index is -0.486. The highest BCUT2D eigenvalue weighted by Gasteiger charge is 2.28. The zero-order valence-corrected chi connectivity index (χ0v) is 7.64. The summed E-state index contributed by atoms with van der Waals surface area (Å²) < 4.78 is 0. The summed E-state index contributed by atoms with van der Waals surface area (Å²) in [5, 5.41) is 5.34. The zero-order chi connectivity index (χ0) is 9.68. The van der Waals surface area contributed by atoms with E-state index in [4.69, 9.17) is 0 Å². The quantitative estimate of drug-likeness (QED) is 0.440. The summed E-state index contributed by atoms with van der Waals surface area (Å²) in [6.45, 7) is 1.89. The average Bonchev–Trinajstić information content (AvgIpc) is 2.15. The number of piperidine rings is 1. The van der Waals surface area contributed by atoms with Gasteiger partial charge in [-0.2, -0.15) is 0 Å². The third-order valence-electron chi connectivity index (χ3n) is 2.08. The van der Waals surface area contributed by atoms with E-state index in [0.717, 1.165) is 6.42 Å². The molecule has 1 aliphatic heterocycles. The number of hydrogen-bond acceptors (Lipinski definition) is 2. The van der Waals surface area contributed by atoms with Crippen molar-refractivity contribution in [3.05, 3.63) is 0 Å². The maximum absolute atomic E-state index is 11.4. The lowest BCUT2D eigenvalue weighted by Gasteiger charge is -2.20. The van der Waals surface area contributed by atoms with E-state index >= 15 is 0 Å². The number of amides is 2. The molecule has 0 aromatic rings. The molecule has 13 heavy (non-hydrogen) atoms. The van der Waals surface area contributed by atoms with Crippen LogP contribution in [0, 0.1) is 5.92 Å². The molecule has 0 saturated carbocycles. The van der Waals surface area contributed by atoms with Crippen molar-refractivity contribution in [1.82, 2.24) is 10.6 Å². The largest absolute Gasteiger partial charge is 0.356 e. The Morgan fingerprint density at radius 3 is 3.08 bits per heavy atom. The predicted octanol–water partition coefficient (Wildman–Crippen LogP) is -2.13. The molecule has 1 atom stereocenters. The minimum Gasteiger partial charge on any atom is -0.356 e. The van der Waals surface area contributed by atoms with Crippen molar-refractivity contribution in [3.8, 4) is 0 Å². The van der Waals surface area contributed by atoms with Crippen LogP contribution in [0.15, 0.2) is 0 Å². The van der Waals surface area contributed by atoms with Crippen LogP contribution in [-0.2, 0) is 9.59 Å². The summed E-state index contributed by atoms with van der Waals surface area (Å²) in [5.74, 6) is -0.797. The van der Waals surface area contributed by atoms with Crippen LogP contribution in [0.3, 0.4) is 0 Å². The van der Waals surface area contributed by atoms with E-state index in [2.05, 4.69) is 16.4 Å². The second kappa shape index (κ2) is 4.81. The van der Waals surface area contributed by atoms with Gasteiger partial charge in [-0.05, 0) is 12.8 Å². The molecule has 5 heteroatoms. The Morgan fingerprint density at radius 1 is 1.69 bits per heavy atom. The summed E-state index contributed by atoms with van der Waals surface area (Å²) in [4.78, 5) is 22.6. The van der Waals surface area contributed by atoms with E-state index in [1.165, 1.54) is 0 Å². The monoisotopic (exact) mass is 186 g/mol. The predicted molar refractivity (Wildman–Crippen MR) is 46.5 cm³/mol. The van der Waals surface area contributed by atoms with Gasteiger partial charge in [-0.25, -0.2) is 0 Å². The molecule has 1 saturated heterocycles. The molecular weight excluding hydrogens is 170 g/mol. The SMILES string of the molecule is [NH3+]CCNC(=O)[C@H]1CCCNC1=O. The van der Waals surface area contributed by atoms with Crippen molar-refractivity contribution in [2.75, 3.05) is 19.6 Å². The molecule has 1 fully saturated rings. The summed E-state index contributed by atoms with van der Waals surface area (Å²) >= 11 is 0. The molecule has 5 N–H and O–H groups in total. The fourth-order valence-corrected chi connectivity index (χ4v) is 1.36. The first-order chi connectivity index (χ1) is 6.25. The Kier molecular flexibility index (Phi) is 3.70. The molecule has 0 aromatic carbocycles. The molecule has 0 spiro atoms. The first-order valence-corrected chi connectivity index (χ1v) is 4.60. The van der Waals surface area contributed by atoms with Crippen LogP contribution in [0.2, 0.25) is 0 Å². The van der Waals surface area contributed by atoms with Gasteiger partial charge in [0.05, 0.1) is 13.1 Å². The van der Waals surface area contributed by atoms with Gasteiger partial charge in [0.15, 0.2) is 0 Å². The van der Waals surface area contributed by atoms with E-state index in [9.17, 15) is 9.59 Å². The zero-order valence-electron chi connectivity index (χ0n) is 7.64. The normalized spacial score (nSPS) is 22.2. The van der Waals surface area contributed by atoms with Gasteiger partial charge >= 0.3 is 0 Å². The molecule has 0 bridgehead atoms. The molecule has 0 radical (unpaired) electrons. The van der Waals surface area contributed by atoms with Crippen molar-refractivity contribution in [3.63, 3.8) is 0 Å². The smallest absolute Gasteiger partial charge is 0.232 e. The van der Waals surface area contributed by atoms with Crippen molar-refractivity contribution in [1.29, 1.82) is 0 Å². The first kappa shape index (κ1) is 9.98. The van der Waals surface area contributed by atoms with Gasteiger partial charge in [-0.3, -0.25) is 9.59 Å². The molecule has 0 unspecified atom stereocenters. The van der Waals surface area contributed by atoms with Gasteiger partial charge < -0.3 is 16.4 Å². The van der Waals surface area contributed by atoms with E-state index in [0.29, 0.717) is 26.1 Å². The van der Waals surface area contributed by atoms with E-state index in [-0.39, 0.29) is 11.8 Å². The molecule has 74 valence electrons. The lowest BCUT2D eigenvalue weighted by atomic mass is 9.98. The van der Waals surface area contributed by atoms with Gasteiger partial charge in [0.1, 0.15) is 5.92 Å². The van der Waals surface area contributed by atoms with Gasteiger partial charge in [-0.1, -0.05) is 0 Å². The first-order valence-electron chi connectivity index (χ1n) is 4.60. The summed E-state index contributed by atoms with van der Waals surface area (Å²) in [7, 11) is 0. The Morgan fingerprint density at radius 2 is 2.46 bits per heavy atom. The number of nitrogens with one attached hydrogen (secondary N) is 2. The third-order valence-corrected chi connectivity index (χ3v) is 2.08. The van der Waals surface area contributed by atoms with Crippen LogP contribution in [0.1, 0.15) is 12.8 Å². The summed E-state index contributed by atoms with van der Waals surface area (Å²) in [6.07, 6.45) is 1.54. The van der Waals surface area contributed by atoms with Gasteiger partial charge in [0, 0.05) is 6.54 Å². The van der Waals surface area contributed by atoms with Crippen LogP contribution in [-0.4, -0.2) is 31.4 Å². The molecule has 1 rings (SSSR count). The van der Waals surface area contributed by atoms with Crippen LogP contribution < -0.4 is 16.4 Å². The van der Waals surface area contributed by atoms with Gasteiger partial charge in [-0.15, -0.1) is 0 Å². The number of rotatable bonds is 3. The maximum atomic E-state index is 11.4. The van der Waals surface area contributed by atoms with Crippen molar-refractivity contribution < 1.29 is 15.3 Å². The highest BCUT2D eigenvalue weighted by molar-refractivity contribution is 6.00. The Labute approximate surface area is 77.1 Å². The average molecular weight is 186 g/mol. The number of carbonyl (C=O) groups excluding carboxylic acids is 2. The third kappa shape index (κ3) is 2.69. The lowest BCUT2D eigenvalue weighted by Crippen LogP contribution is -2.56. The van der Waals surface area contributed by atoms with Crippen LogP contribution in [0.4, 0.5) is 0 Å². The molecule has 0 aromatic heterocycles. The van der Waals surface area contributed by atoms with Gasteiger partial charge in [0.25, 0.3) is 0 Å². The van der Waals surface area contributed by atoms with Crippen molar-refractivity contribution in [2.45, 2.75) is 12.8 Å². The molecular formula is C8H16N3O2+. The van der Waals surface area contributed by atoms with Gasteiger partial charge in [0.2, 0.25) is 11.8 Å². The Hall–Kier alpha value is -1.10. The Balaban J connectivity index is 2.39. The molecule has 0 aliphatic carbocycles.